The molecule has 0 heterocycles. The van der Waals surface area contributed by atoms with Crippen molar-refractivity contribution in [2.45, 2.75) is 111 Å². The van der Waals surface area contributed by atoms with Gasteiger partial charge in [-0.05, 0) is 118 Å². The van der Waals surface area contributed by atoms with Crippen molar-refractivity contribution in [3.8, 4) is 0 Å². The van der Waals surface area contributed by atoms with Crippen molar-refractivity contribution in [3.63, 3.8) is 0 Å². The third-order valence-electron chi connectivity index (χ3n) is 10.3. The van der Waals surface area contributed by atoms with E-state index in [-0.39, 0.29) is 5.41 Å². The smallest absolute Gasteiger partial charge is 0.390 e. The Labute approximate surface area is 195 Å². The Morgan fingerprint density at radius 1 is 1.16 bits per heavy atom. The summed E-state index contributed by atoms with van der Waals surface area (Å²) in [6.07, 6.45) is 12.5. The van der Waals surface area contributed by atoms with Crippen LogP contribution in [0.1, 0.15) is 98.8 Å². The lowest BCUT2D eigenvalue weighted by atomic mass is 9.47. The summed E-state index contributed by atoms with van der Waals surface area (Å²) in [5.74, 6) is 3.53. The quantitative estimate of drug-likeness (QED) is 0.372. The molecule has 4 rings (SSSR count). The molecule has 2 N–H and O–H groups in total. The van der Waals surface area contributed by atoms with Gasteiger partial charge in [0.1, 0.15) is 0 Å². The van der Waals surface area contributed by atoms with Gasteiger partial charge in [-0.25, -0.2) is 4.18 Å². The Hall–Kier alpha value is -0.430. The normalized spacial score (nSPS) is 43.1. The van der Waals surface area contributed by atoms with E-state index < -0.39 is 22.1 Å². The van der Waals surface area contributed by atoms with E-state index >= 15 is 0 Å². The molecule has 0 aromatic rings. The first-order valence-electron chi connectivity index (χ1n) is 12.8. The van der Waals surface area contributed by atoms with Crippen LogP contribution < -0.4 is 0 Å². The van der Waals surface area contributed by atoms with Crippen molar-refractivity contribution in [2.24, 2.45) is 40.4 Å². The molecule has 3 saturated carbocycles. The summed E-state index contributed by atoms with van der Waals surface area (Å²) in [5, 5.41) is 10.2. The molecule has 184 valence electrons. The van der Waals surface area contributed by atoms with Crippen molar-refractivity contribution in [2.75, 3.05) is 0 Å². The molecule has 0 aromatic carbocycles. The summed E-state index contributed by atoms with van der Waals surface area (Å²) in [6.45, 7) is 11.2. The zero-order chi connectivity index (χ0) is 23.5. The minimum Gasteiger partial charge on any atom is -0.390 e. The van der Waals surface area contributed by atoms with Crippen LogP contribution in [-0.2, 0) is 14.6 Å². The van der Waals surface area contributed by atoms with Crippen LogP contribution in [0.2, 0.25) is 0 Å². The van der Waals surface area contributed by atoms with E-state index in [2.05, 4.69) is 26.8 Å². The second-order valence-electron chi connectivity index (χ2n) is 12.7. The Morgan fingerprint density at radius 3 is 2.53 bits per heavy atom. The predicted molar refractivity (Wildman–Crippen MR) is 126 cm³/mol. The second-order valence-corrected chi connectivity index (χ2v) is 13.8. The Kier molecular flexibility index (Phi) is 6.44. The third-order valence-corrected chi connectivity index (χ3v) is 10.8. The highest BCUT2D eigenvalue weighted by atomic mass is 32.3. The fourth-order valence-corrected chi connectivity index (χ4v) is 9.15. The van der Waals surface area contributed by atoms with Gasteiger partial charge in [0.2, 0.25) is 0 Å². The first kappa shape index (κ1) is 24.7. The van der Waals surface area contributed by atoms with Gasteiger partial charge >= 0.3 is 10.4 Å². The van der Waals surface area contributed by atoms with Gasteiger partial charge in [0, 0.05) is 0 Å². The van der Waals surface area contributed by atoms with Crippen molar-refractivity contribution in [1.82, 2.24) is 0 Å². The van der Waals surface area contributed by atoms with Gasteiger partial charge in [0.15, 0.2) is 0 Å². The summed E-state index contributed by atoms with van der Waals surface area (Å²) in [4.78, 5) is 0. The molecule has 0 aromatic heterocycles. The van der Waals surface area contributed by atoms with Crippen LogP contribution in [-0.4, -0.2) is 29.8 Å². The van der Waals surface area contributed by atoms with Crippen molar-refractivity contribution in [1.29, 1.82) is 0 Å². The molecule has 0 radical (unpaired) electrons. The van der Waals surface area contributed by atoms with Gasteiger partial charge in [0.25, 0.3) is 0 Å². The zero-order valence-electron chi connectivity index (χ0n) is 20.6. The molecule has 0 spiro atoms. The molecule has 4 aliphatic carbocycles. The standard InChI is InChI=1S/C26H44O5S/c1-17(10-13-24(2,3)27)21-8-9-22-20-7-6-18-16-19(31-32(28,29)30)11-14-25(18,4)23(20)12-15-26(21,22)5/h6,17,19-23,27H,7-16H2,1-5H3,(H,28,29,30). The van der Waals surface area contributed by atoms with E-state index in [1.54, 1.807) is 0 Å². The molecule has 6 heteroatoms. The summed E-state index contributed by atoms with van der Waals surface area (Å²) in [6, 6.07) is 0. The van der Waals surface area contributed by atoms with E-state index in [9.17, 15) is 13.5 Å². The number of fused-ring (bicyclic) bond motifs is 5. The Morgan fingerprint density at radius 2 is 1.88 bits per heavy atom. The summed E-state index contributed by atoms with van der Waals surface area (Å²) in [5.41, 5.74) is 1.30. The van der Waals surface area contributed by atoms with E-state index in [4.69, 9.17) is 8.74 Å². The van der Waals surface area contributed by atoms with E-state index in [1.807, 2.05) is 13.8 Å². The monoisotopic (exact) mass is 468 g/mol. The molecule has 8 atom stereocenters. The summed E-state index contributed by atoms with van der Waals surface area (Å²) >= 11 is 0. The van der Waals surface area contributed by atoms with Gasteiger partial charge in [-0.1, -0.05) is 32.4 Å². The summed E-state index contributed by atoms with van der Waals surface area (Å²) < 4.78 is 36.5. The zero-order valence-corrected chi connectivity index (χ0v) is 21.5. The molecule has 0 bridgehead atoms. The molecule has 4 aliphatic rings. The fraction of sp³-hybridized carbons (Fsp3) is 0.923. The fourth-order valence-electron chi connectivity index (χ4n) is 8.64. The average molecular weight is 469 g/mol. The number of hydrogen-bond acceptors (Lipinski definition) is 4. The maximum Gasteiger partial charge on any atom is 0.397 e. The minimum atomic E-state index is -4.40. The van der Waals surface area contributed by atoms with Crippen molar-refractivity contribution >= 4 is 10.4 Å². The van der Waals surface area contributed by atoms with E-state index in [0.29, 0.717) is 36.0 Å². The topological polar surface area (TPSA) is 83.8 Å². The SMILES string of the molecule is CC(CCC(C)(C)O)C1CCC2C3CC=C4CC(OS(=O)(=O)O)CCC4(C)C3CCC12C. The molecule has 8 unspecified atom stereocenters. The van der Waals surface area contributed by atoms with Crippen LogP contribution in [0.4, 0.5) is 0 Å². The number of aliphatic hydroxyl groups is 1. The Balaban J connectivity index is 1.49. The second kappa shape index (κ2) is 8.35. The van der Waals surface area contributed by atoms with Gasteiger partial charge in [-0.2, -0.15) is 8.42 Å². The van der Waals surface area contributed by atoms with Crippen LogP contribution in [0, 0.1) is 40.4 Å². The van der Waals surface area contributed by atoms with Crippen molar-refractivity contribution < 1.29 is 22.3 Å². The third kappa shape index (κ3) is 4.58. The molecule has 3 fully saturated rings. The molecular weight excluding hydrogens is 424 g/mol. The molecule has 5 nitrogen and oxygen atoms in total. The van der Waals surface area contributed by atoms with Crippen LogP contribution >= 0.6 is 0 Å². The van der Waals surface area contributed by atoms with E-state index in [1.165, 1.54) is 31.3 Å². The number of rotatable bonds is 6. The van der Waals surface area contributed by atoms with Crippen LogP contribution in [0.25, 0.3) is 0 Å². The molecule has 0 aliphatic heterocycles. The maximum absolute atomic E-state index is 11.2. The first-order chi connectivity index (χ1) is 14.7. The lowest BCUT2D eigenvalue weighted by Gasteiger charge is -2.58. The average Bonchev–Trinajstić information content (AvgIpc) is 3.02. The highest BCUT2D eigenvalue weighted by Gasteiger charge is 2.59. The maximum atomic E-state index is 11.2. The molecule has 0 saturated heterocycles. The number of hydrogen-bond donors (Lipinski definition) is 2. The summed E-state index contributed by atoms with van der Waals surface area (Å²) in [7, 11) is -4.40. The van der Waals surface area contributed by atoms with Crippen LogP contribution in [0.5, 0.6) is 0 Å². The molecular formula is C26H44O5S. The van der Waals surface area contributed by atoms with Gasteiger partial charge in [-0.15, -0.1) is 0 Å². The van der Waals surface area contributed by atoms with Gasteiger partial charge in [-0.3, -0.25) is 4.55 Å². The van der Waals surface area contributed by atoms with Crippen LogP contribution in [0.15, 0.2) is 11.6 Å². The predicted octanol–water partition coefficient (Wildman–Crippen LogP) is 5.94. The number of allylic oxidation sites excluding steroid dienone is 1. The van der Waals surface area contributed by atoms with Crippen LogP contribution in [0.3, 0.4) is 0 Å². The lowest BCUT2D eigenvalue weighted by Crippen LogP contribution is -2.51. The van der Waals surface area contributed by atoms with Gasteiger partial charge < -0.3 is 5.11 Å². The minimum absolute atomic E-state index is 0.133. The highest BCUT2D eigenvalue weighted by Crippen LogP contribution is 2.67. The van der Waals surface area contributed by atoms with Gasteiger partial charge in [0.05, 0.1) is 11.7 Å². The largest absolute Gasteiger partial charge is 0.397 e. The van der Waals surface area contributed by atoms with Crippen molar-refractivity contribution in [3.05, 3.63) is 11.6 Å². The first-order valence-corrected chi connectivity index (χ1v) is 14.2. The lowest BCUT2D eigenvalue weighted by molar-refractivity contribution is -0.0573. The highest BCUT2D eigenvalue weighted by molar-refractivity contribution is 7.80. The van der Waals surface area contributed by atoms with E-state index in [0.717, 1.165) is 37.5 Å². The Bertz CT molecular complexity index is 843. The molecule has 32 heavy (non-hydrogen) atoms. The molecule has 0 amide bonds.